The first kappa shape index (κ1) is 24.8. The van der Waals surface area contributed by atoms with Crippen molar-refractivity contribution in [3.05, 3.63) is 28.8 Å². The average molecular weight is 494 g/mol. The molecule has 4 aliphatic carbocycles. The van der Waals surface area contributed by atoms with Crippen molar-refractivity contribution >= 4 is 6.08 Å². The fourth-order valence-electron chi connectivity index (χ4n) is 9.91. The van der Waals surface area contributed by atoms with Gasteiger partial charge in [0.25, 0.3) is 0 Å². The standard InChI is InChI=1S/C32H47NO3/c1-21-22-6-7-27-31(4,24(22)18-26(34)28(21)35)9-8-23-25-19-29(2,20-33-14-16-36-17-15-33)10-11-30(25,3)12-13-32(23,27)5/h6-7,18,23,25,27,34-35H,8-17,19-20H2,1-5H3/t23?,25?,27?,29-,30?,31?,32?/m1/s1. The van der Waals surface area contributed by atoms with Crippen molar-refractivity contribution < 1.29 is 14.9 Å². The molecule has 1 aromatic rings. The summed E-state index contributed by atoms with van der Waals surface area (Å²) in [5, 5.41) is 21.0. The summed E-state index contributed by atoms with van der Waals surface area (Å²) in [6, 6.07) is 1.88. The minimum Gasteiger partial charge on any atom is -0.504 e. The highest BCUT2D eigenvalue weighted by Crippen LogP contribution is 2.70. The van der Waals surface area contributed by atoms with Crippen LogP contribution in [0, 0.1) is 40.9 Å². The third-order valence-corrected chi connectivity index (χ3v) is 12.2. The molecular weight excluding hydrogens is 446 g/mol. The summed E-state index contributed by atoms with van der Waals surface area (Å²) in [5.74, 6) is 2.07. The molecule has 2 N–H and O–H groups in total. The number of phenolic OH excluding ortho intramolecular Hbond substituents is 2. The molecule has 1 saturated heterocycles. The van der Waals surface area contributed by atoms with Crippen molar-refractivity contribution in [2.75, 3.05) is 32.8 Å². The molecular formula is C32H47NO3. The van der Waals surface area contributed by atoms with E-state index in [1.807, 2.05) is 13.0 Å². The molecule has 4 fully saturated rings. The molecule has 3 saturated carbocycles. The third kappa shape index (κ3) is 3.53. The van der Waals surface area contributed by atoms with Gasteiger partial charge in [0, 0.05) is 30.6 Å². The summed E-state index contributed by atoms with van der Waals surface area (Å²) in [4.78, 5) is 2.66. The lowest BCUT2D eigenvalue weighted by Crippen LogP contribution is -2.60. The Hall–Kier alpha value is -1.52. The van der Waals surface area contributed by atoms with Crippen molar-refractivity contribution in [3.63, 3.8) is 0 Å². The van der Waals surface area contributed by atoms with Gasteiger partial charge in [-0.2, -0.15) is 0 Å². The van der Waals surface area contributed by atoms with Crippen LogP contribution in [0.2, 0.25) is 0 Å². The summed E-state index contributed by atoms with van der Waals surface area (Å²) < 4.78 is 5.64. The van der Waals surface area contributed by atoms with Crippen molar-refractivity contribution in [1.29, 1.82) is 0 Å². The van der Waals surface area contributed by atoms with Crippen LogP contribution in [0.4, 0.5) is 0 Å². The second kappa shape index (κ2) is 8.24. The third-order valence-electron chi connectivity index (χ3n) is 12.2. The lowest BCUT2D eigenvalue weighted by molar-refractivity contribution is -0.145. The molecule has 0 amide bonds. The largest absolute Gasteiger partial charge is 0.504 e. The number of hydrogen-bond donors (Lipinski definition) is 2. The van der Waals surface area contributed by atoms with Crippen molar-refractivity contribution in [2.45, 2.75) is 85.0 Å². The van der Waals surface area contributed by atoms with Crippen LogP contribution in [0.1, 0.15) is 89.3 Å². The average Bonchev–Trinajstić information content (AvgIpc) is 2.84. The molecule has 0 aromatic heterocycles. The normalized spacial score (nSPS) is 44.3. The molecule has 4 heteroatoms. The Balaban J connectivity index is 1.32. The van der Waals surface area contributed by atoms with Gasteiger partial charge in [-0.1, -0.05) is 39.8 Å². The molecule has 7 atom stereocenters. The molecule has 0 spiro atoms. The maximum absolute atomic E-state index is 10.6. The van der Waals surface area contributed by atoms with Gasteiger partial charge in [0.05, 0.1) is 13.2 Å². The molecule has 1 aliphatic heterocycles. The zero-order chi connectivity index (χ0) is 25.5. The van der Waals surface area contributed by atoms with E-state index in [-0.39, 0.29) is 22.3 Å². The minimum absolute atomic E-state index is 0.00475. The molecule has 36 heavy (non-hydrogen) atoms. The van der Waals surface area contributed by atoms with Crippen LogP contribution in [0.5, 0.6) is 11.5 Å². The van der Waals surface area contributed by atoms with Crippen LogP contribution in [0.15, 0.2) is 12.1 Å². The predicted molar refractivity (Wildman–Crippen MR) is 145 cm³/mol. The topological polar surface area (TPSA) is 52.9 Å². The highest BCUT2D eigenvalue weighted by atomic mass is 16.5. The number of fused-ring (bicyclic) bond motifs is 7. The predicted octanol–water partition coefficient (Wildman–Crippen LogP) is 6.66. The molecule has 0 bridgehead atoms. The van der Waals surface area contributed by atoms with E-state index in [9.17, 15) is 10.2 Å². The van der Waals surface area contributed by atoms with Crippen molar-refractivity contribution in [1.82, 2.24) is 4.90 Å². The number of aromatic hydroxyl groups is 2. The highest BCUT2D eigenvalue weighted by molar-refractivity contribution is 5.69. The quantitative estimate of drug-likeness (QED) is 0.452. The van der Waals surface area contributed by atoms with E-state index in [1.165, 1.54) is 50.6 Å². The van der Waals surface area contributed by atoms with E-state index in [0.717, 1.165) is 55.7 Å². The van der Waals surface area contributed by atoms with E-state index in [0.29, 0.717) is 16.7 Å². The molecule has 5 aliphatic rings. The van der Waals surface area contributed by atoms with Gasteiger partial charge in [-0.25, -0.2) is 0 Å². The lowest BCUT2D eigenvalue weighted by Gasteiger charge is -2.66. The van der Waals surface area contributed by atoms with E-state index in [1.54, 1.807) is 0 Å². The lowest BCUT2D eigenvalue weighted by atomic mass is 9.38. The van der Waals surface area contributed by atoms with E-state index in [4.69, 9.17) is 4.74 Å². The van der Waals surface area contributed by atoms with E-state index < -0.39 is 0 Å². The SMILES string of the molecule is Cc1c(O)c(O)cc2c1C=CC1C2(C)CCC2C3C[C@](C)(CN4CCOCC4)CCC3(C)CCC21C. The van der Waals surface area contributed by atoms with Gasteiger partial charge in [0.1, 0.15) is 0 Å². The number of ether oxygens (including phenoxy) is 1. The second-order valence-corrected chi connectivity index (χ2v) is 14.4. The first-order chi connectivity index (χ1) is 17.0. The molecule has 0 radical (unpaired) electrons. The number of phenols is 2. The molecule has 6 rings (SSSR count). The number of allylic oxidation sites excluding steroid dienone is 1. The van der Waals surface area contributed by atoms with Crippen LogP contribution in [-0.4, -0.2) is 48.0 Å². The highest BCUT2D eigenvalue weighted by Gasteiger charge is 2.62. The van der Waals surface area contributed by atoms with Gasteiger partial charge in [0.15, 0.2) is 11.5 Å². The molecule has 4 nitrogen and oxygen atoms in total. The first-order valence-corrected chi connectivity index (χ1v) is 14.5. The smallest absolute Gasteiger partial charge is 0.161 e. The van der Waals surface area contributed by atoms with E-state index in [2.05, 4.69) is 44.7 Å². The van der Waals surface area contributed by atoms with Crippen molar-refractivity contribution in [2.24, 2.45) is 34.0 Å². The fraction of sp³-hybridized carbons (Fsp3) is 0.750. The zero-order valence-electron chi connectivity index (χ0n) is 23.2. The molecule has 1 aromatic carbocycles. The minimum atomic E-state index is 0.00475. The van der Waals surface area contributed by atoms with Gasteiger partial charge in [-0.15, -0.1) is 0 Å². The van der Waals surface area contributed by atoms with E-state index >= 15 is 0 Å². The van der Waals surface area contributed by atoms with Gasteiger partial charge in [-0.3, -0.25) is 4.90 Å². The monoisotopic (exact) mass is 493 g/mol. The van der Waals surface area contributed by atoms with Crippen LogP contribution in [-0.2, 0) is 10.2 Å². The summed E-state index contributed by atoms with van der Waals surface area (Å²) in [6.45, 7) is 17.4. The zero-order valence-corrected chi connectivity index (χ0v) is 23.2. The van der Waals surface area contributed by atoms with Gasteiger partial charge >= 0.3 is 0 Å². The molecule has 198 valence electrons. The number of benzene rings is 1. The van der Waals surface area contributed by atoms with Crippen LogP contribution < -0.4 is 0 Å². The van der Waals surface area contributed by atoms with Crippen LogP contribution in [0.25, 0.3) is 6.08 Å². The second-order valence-electron chi connectivity index (χ2n) is 14.4. The first-order valence-electron chi connectivity index (χ1n) is 14.5. The van der Waals surface area contributed by atoms with Crippen LogP contribution in [0.3, 0.4) is 0 Å². The number of rotatable bonds is 2. The summed E-state index contributed by atoms with van der Waals surface area (Å²) in [6.07, 6.45) is 13.9. The number of nitrogens with zero attached hydrogens (tertiary/aromatic N) is 1. The molecule has 6 unspecified atom stereocenters. The molecule has 1 heterocycles. The van der Waals surface area contributed by atoms with Crippen molar-refractivity contribution in [3.8, 4) is 11.5 Å². The summed E-state index contributed by atoms with van der Waals surface area (Å²) in [5.41, 5.74) is 4.33. The maximum atomic E-state index is 10.6. The van der Waals surface area contributed by atoms with Gasteiger partial charge < -0.3 is 14.9 Å². The van der Waals surface area contributed by atoms with Crippen LogP contribution >= 0.6 is 0 Å². The Morgan fingerprint density at radius 2 is 1.69 bits per heavy atom. The fourth-order valence-corrected chi connectivity index (χ4v) is 9.91. The Morgan fingerprint density at radius 3 is 2.44 bits per heavy atom. The Morgan fingerprint density at radius 1 is 0.972 bits per heavy atom. The Bertz CT molecular complexity index is 1080. The Kier molecular flexibility index (Phi) is 5.67. The summed E-state index contributed by atoms with van der Waals surface area (Å²) >= 11 is 0. The number of morpholine rings is 1. The van der Waals surface area contributed by atoms with Gasteiger partial charge in [-0.05, 0) is 103 Å². The number of hydrogen-bond acceptors (Lipinski definition) is 4. The summed E-state index contributed by atoms with van der Waals surface area (Å²) in [7, 11) is 0. The van der Waals surface area contributed by atoms with Gasteiger partial charge in [0.2, 0.25) is 0 Å². The Labute approximate surface area is 218 Å². The maximum Gasteiger partial charge on any atom is 0.161 e.